The molecule has 2 aromatic rings. The summed E-state index contributed by atoms with van der Waals surface area (Å²) < 4.78 is 0. The first-order valence-electron chi connectivity index (χ1n) is 8.41. The summed E-state index contributed by atoms with van der Waals surface area (Å²) in [6.45, 7) is 5.95. The van der Waals surface area contributed by atoms with Gasteiger partial charge in [-0.3, -0.25) is 14.6 Å². The molecule has 0 aliphatic carbocycles. The van der Waals surface area contributed by atoms with Gasteiger partial charge in [0.05, 0.1) is 17.3 Å². The highest BCUT2D eigenvalue weighted by molar-refractivity contribution is 6.02. The van der Waals surface area contributed by atoms with E-state index in [4.69, 9.17) is 0 Å². The number of amides is 1. The van der Waals surface area contributed by atoms with Crippen molar-refractivity contribution < 1.29 is 9.59 Å². The van der Waals surface area contributed by atoms with E-state index in [1.54, 1.807) is 6.20 Å². The Bertz CT molecular complexity index is 764. The van der Waals surface area contributed by atoms with Crippen molar-refractivity contribution in [2.24, 2.45) is 0 Å². The van der Waals surface area contributed by atoms with Gasteiger partial charge in [0.15, 0.2) is 5.78 Å². The SMILES string of the molecule is CC(=O)c1[nH]c(C)c(C(=O)N2CCCCC2c2cccnc2)c1C. The van der Waals surface area contributed by atoms with Crippen LogP contribution in [0.15, 0.2) is 24.5 Å². The molecule has 3 heterocycles. The third-order valence-corrected chi connectivity index (χ3v) is 4.84. The highest BCUT2D eigenvalue weighted by Crippen LogP contribution is 2.33. The van der Waals surface area contributed by atoms with Crippen LogP contribution in [-0.2, 0) is 0 Å². The largest absolute Gasteiger partial charge is 0.355 e. The smallest absolute Gasteiger partial charge is 0.256 e. The molecule has 1 aliphatic rings. The zero-order chi connectivity index (χ0) is 17.3. The Labute approximate surface area is 142 Å². The zero-order valence-electron chi connectivity index (χ0n) is 14.4. The molecule has 5 nitrogen and oxygen atoms in total. The van der Waals surface area contributed by atoms with Crippen LogP contribution < -0.4 is 0 Å². The van der Waals surface area contributed by atoms with Gasteiger partial charge in [0.25, 0.3) is 5.91 Å². The number of pyridine rings is 1. The van der Waals surface area contributed by atoms with Crippen LogP contribution in [0.3, 0.4) is 0 Å². The van der Waals surface area contributed by atoms with Gasteiger partial charge in [0.1, 0.15) is 0 Å². The summed E-state index contributed by atoms with van der Waals surface area (Å²) in [4.78, 5) is 34.2. The molecule has 1 fully saturated rings. The number of Topliss-reactive ketones (excluding diaryl/α,β-unsaturated/α-hetero) is 1. The molecule has 1 aliphatic heterocycles. The summed E-state index contributed by atoms with van der Waals surface area (Å²) >= 11 is 0. The van der Waals surface area contributed by atoms with Crippen LogP contribution in [0.5, 0.6) is 0 Å². The van der Waals surface area contributed by atoms with E-state index in [9.17, 15) is 9.59 Å². The second-order valence-corrected chi connectivity index (χ2v) is 6.48. The summed E-state index contributed by atoms with van der Waals surface area (Å²) in [7, 11) is 0. The van der Waals surface area contributed by atoms with Crippen LogP contribution in [0.25, 0.3) is 0 Å². The molecule has 3 rings (SSSR count). The molecule has 1 amide bonds. The first-order chi connectivity index (χ1) is 11.5. The first-order valence-corrected chi connectivity index (χ1v) is 8.41. The fourth-order valence-electron chi connectivity index (χ4n) is 3.66. The number of piperidine rings is 1. The quantitative estimate of drug-likeness (QED) is 0.877. The number of likely N-dealkylation sites (tertiary alicyclic amines) is 1. The Hall–Kier alpha value is -2.43. The number of carbonyl (C=O) groups excluding carboxylic acids is 2. The van der Waals surface area contributed by atoms with Gasteiger partial charge in [-0.25, -0.2) is 0 Å². The second kappa shape index (κ2) is 6.59. The van der Waals surface area contributed by atoms with E-state index in [2.05, 4.69) is 9.97 Å². The van der Waals surface area contributed by atoms with Crippen molar-refractivity contribution in [1.29, 1.82) is 0 Å². The van der Waals surface area contributed by atoms with Crippen molar-refractivity contribution in [3.8, 4) is 0 Å². The number of ketones is 1. The average Bonchev–Trinajstić information content (AvgIpc) is 2.90. The lowest BCUT2D eigenvalue weighted by Gasteiger charge is -2.36. The minimum absolute atomic E-state index is 0.00213. The molecule has 0 aromatic carbocycles. The molecule has 1 N–H and O–H groups in total. The van der Waals surface area contributed by atoms with E-state index < -0.39 is 0 Å². The highest BCUT2D eigenvalue weighted by Gasteiger charge is 2.31. The molecule has 24 heavy (non-hydrogen) atoms. The first kappa shape index (κ1) is 16.4. The third kappa shape index (κ3) is 2.86. The number of hydrogen-bond acceptors (Lipinski definition) is 3. The summed E-state index contributed by atoms with van der Waals surface area (Å²) in [5.74, 6) is -0.0422. The van der Waals surface area contributed by atoms with E-state index in [1.165, 1.54) is 6.92 Å². The van der Waals surface area contributed by atoms with Crippen LogP contribution in [0.1, 0.15) is 69.9 Å². The van der Waals surface area contributed by atoms with E-state index in [0.29, 0.717) is 11.3 Å². The standard InChI is InChI=1S/C19H23N3O2/c1-12-17(13(2)21-18(12)14(3)23)19(24)22-10-5-4-8-16(22)15-7-6-9-20-11-15/h6-7,9,11,16,21H,4-5,8,10H2,1-3H3. The molecule has 0 radical (unpaired) electrons. The number of aryl methyl sites for hydroxylation is 1. The minimum atomic E-state index is -0.0443. The highest BCUT2D eigenvalue weighted by atomic mass is 16.2. The normalized spacial score (nSPS) is 17.8. The van der Waals surface area contributed by atoms with E-state index in [-0.39, 0.29) is 17.7 Å². The van der Waals surface area contributed by atoms with Crippen LogP contribution in [0.4, 0.5) is 0 Å². The number of nitrogens with zero attached hydrogens (tertiary/aromatic N) is 2. The van der Waals surface area contributed by atoms with Crippen LogP contribution in [0, 0.1) is 13.8 Å². The number of carbonyl (C=O) groups is 2. The van der Waals surface area contributed by atoms with E-state index in [0.717, 1.165) is 42.6 Å². The number of nitrogens with one attached hydrogen (secondary N) is 1. The number of rotatable bonds is 3. The van der Waals surface area contributed by atoms with Crippen molar-refractivity contribution in [3.05, 3.63) is 52.6 Å². The maximum atomic E-state index is 13.2. The Morgan fingerprint density at radius 3 is 2.71 bits per heavy atom. The van der Waals surface area contributed by atoms with Gasteiger partial charge in [-0.15, -0.1) is 0 Å². The minimum Gasteiger partial charge on any atom is -0.355 e. The second-order valence-electron chi connectivity index (χ2n) is 6.48. The molecule has 1 unspecified atom stereocenters. The number of aromatic nitrogens is 2. The van der Waals surface area contributed by atoms with Gasteiger partial charge in [-0.2, -0.15) is 0 Å². The van der Waals surface area contributed by atoms with Crippen LogP contribution in [0.2, 0.25) is 0 Å². The summed E-state index contributed by atoms with van der Waals surface area (Å²) in [6, 6.07) is 3.99. The number of aromatic amines is 1. The Kier molecular flexibility index (Phi) is 4.51. The fourth-order valence-corrected chi connectivity index (χ4v) is 3.66. The molecule has 1 saturated heterocycles. The summed E-state index contributed by atoms with van der Waals surface area (Å²) in [5.41, 5.74) is 3.75. The lowest BCUT2D eigenvalue weighted by atomic mass is 9.95. The average molecular weight is 325 g/mol. The van der Waals surface area contributed by atoms with Gasteiger partial charge < -0.3 is 9.88 Å². The molecule has 1 atom stereocenters. The lowest BCUT2D eigenvalue weighted by Crippen LogP contribution is -2.39. The molecule has 2 aromatic heterocycles. The topological polar surface area (TPSA) is 66.1 Å². The van der Waals surface area contributed by atoms with Gasteiger partial charge in [-0.05, 0) is 50.3 Å². The zero-order valence-corrected chi connectivity index (χ0v) is 14.4. The summed E-state index contributed by atoms with van der Waals surface area (Å²) in [5, 5.41) is 0. The monoisotopic (exact) mass is 325 g/mol. The van der Waals surface area contributed by atoms with Crippen LogP contribution >= 0.6 is 0 Å². The fraction of sp³-hybridized carbons (Fsp3) is 0.421. The maximum Gasteiger partial charge on any atom is 0.256 e. The van der Waals surface area contributed by atoms with Gasteiger partial charge >= 0.3 is 0 Å². The van der Waals surface area contributed by atoms with E-state index >= 15 is 0 Å². The Morgan fingerprint density at radius 2 is 2.08 bits per heavy atom. The van der Waals surface area contributed by atoms with Gasteiger partial charge in [-0.1, -0.05) is 6.07 Å². The van der Waals surface area contributed by atoms with Crippen LogP contribution in [-0.4, -0.2) is 33.1 Å². The van der Waals surface area contributed by atoms with Crippen molar-refractivity contribution >= 4 is 11.7 Å². The summed E-state index contributed by atoms with van der Waals surface area (Å²) in [6.07, 6.45) is 6.64. The predicted octanol–water partition coefficient (Wildman–Crippen LogP) is 3.60. The van der Waals surface area contributed by atoms with Crippen molar-refractivity contribution in [2.75, 3.05) is 6.54 Å². The lowest BCUT2D eigenvalue weighted by molar-refractivity contribution is 0.0610. The van der Waals surface area contributed by atoms with E-state index in [1.807, 2.05) is 37.1 Å². The number of hydrogen-bond donors (Lipinski definition) is 1. The Balaban J connectivity index is 1.97. The van der Waals surface area contributed by atoms with Gasteiger partial charge in [0.2, 0.25) is 0 Å². The van der Waals surface area contributed by atoms with Crippen molar-refractivity contribution in [2.45, 2.75) is 46.1 Å². The molecular weight excluding hydrogens is 302 g/mol. The maximum absolute atomic E-state index is 13.2. The van der Waals surface area contributed by atoms with Gasteiger partial charge in [0, 0.05) is 31.6 Å². The molecule has 0 bridgehead atoms. The van der Waals surface area contributed by atoms with Crippen molar-refractivity contribution in [1.82, 2.24) is 14.9 Å². The molecule has 5 heteroatoms. The van der Waals surface area contributed by atoms with Crippen molar-refractivity contribution in [3.63, 3.8) is 0 Å². The predicted molar refractivity (Wildman–Crippen MR) is 92.1 cm³/mol. The molecule has 0 spiro atoms. The Morgan fingerprint density at radius 1 is 1.29 bits per heavy atom. The molecule has 0 saturated carbocycles. The number of H-pyrrole nitrogens is 1. The molecule has 126 valence electrons. The third-order valence-electron chi connectivity index (χ3n) is 4.84. The molecular formula is C19H23N3O2.